The number of carbonyl (C=O) groups is 2. The quantitative estimate of drug-likeness (QED) is 0.533. The molecule has 2 fully saturated rings. The third-order valence-electron chi connectivity index (χ3n) is 5.17. The Bertz CT molecular complexity index is 766. The summed E-state index contributed by atoms with van der Waals surface area (Å²) in [7, 11) is 3.72. The number of nitrogens with zero attached hydrogens (tertiary/aromatic N) is 2. The summed E-state index contributed by atoms with van der Waals surface area (Å²) < 4.78 is 5.77. The van der Waals surface area contributed by atoms with Crippen LogP contribution >= 0.6 is 11.6 Å². The maximum absolute atomic E-state index is 12.6. The molecule has 1 heterocycles. The van der Waals surface area contributed by atoms with Gasteiger partial charge < -0.3 is 15.0 Å². The molecule has 1 aliphatic carbocycles. The highest BCUT2D eigenvalue weighted by Gasteiger charge is 2.33. The number of hydrogen-bond acceptors (Lipinski definition) is 4. The molecule has 7 heteroatoms. The van der Waals surface area contributed by atoms with Gasteiger partial charge in [0.2, 0.25) is 11.8 Å². The minimum Gasteiger partial charge on any atom is -0.373 e. The van der Waals surface area contributed by atoms with Crippen LogP contribution in [0.4, 0.5) is 0 Å². The molecule has 1 saturated heterocycles. The number of rotatable bonds is 8. The SMILES string of the molecule is CC(C(=O)N1CC(OCCNC(=O)C(c2cccc(Cl)c2)N(C)C)C1)=C1CC1. The van der Waals surface area contributed by atoms with E-state index in [0.29, 0.717) is 31.3 Å². The number of nitrogens with one attached hydrogen (secondary N) is 1. The third-order valence-corrected chi connectivity index (χ3v) is 5.41. The maximum Gasteiger partial charge on any atom is 0.249 e. The summed E-state index contributed by atoms with van der Waals surface area (Å²) in [5.74, 6) is 0.0453. The zero-order valence-electron chi connectivity index (χ0n) is 16.7. The summed E-state index contributed by atoms with van der Waals surface area (Å²) in [4.78, 5) is 28.5. The Balaban J connectivity index is 1.38. The molecule has 0 bridgehead atoms. The predicted molar refractivity (Wildman–Crippen MR) is 109 cm³/mol. The van der Waals surface area contributed by atoms with E-state index < -0.39 is 6.04 Å². The molecule has 0 aromatic heterocycles. The van der Waals surface area contributed by atoms with Crippen molar-refractivity contribution in [1.82, 2.24) is 15.1 Å². The standard InChI is InChI=1S/C21H28ClN3O3/c1-14(15-7-8-15)21(27)25-12-18(13-25)28-10-9-23-20(26)19(24(2)3)16-5-4-6-17(22)11-16/h4-6,11,18-19H,7-10,12-13H2,1-3H3,(H,23,26). The van der Waals surface area contributed by atoms with Gasteiger partial charge in [0.25, 0.3) is 0 Å². The topological polar surface area (TPSA) is 61.9 Å². The van der Waals surface area contributed by atoms with Crippen molar-refractivity contribution >= 4 is 23.4 Å². The molecule has 152 valence electrons. The van der Waals surface area contributed by atoms with Crippen LogP contribution in [0.1, 0.15) is 31.4 Å². The van der Waals surface area contributed by atoms with Crippen LogP contribution in [0.2, 0.25) is 5.02 Å². The second-order valence-electron chi connectivity index (χ2n) is 7.64. The molecule has 1 aromatic carbocycles. The lowest BCUT2D eigenvalue weighted by Crippen LogP contribution is -2.55. The zero-order valence-corrected chi connectivity index (χ0v) is 17.5. The van der Waals surface area contributed by atoms with Gasteiger partial charge in [0.1, 0.15) is 6.04 Å². The first-order chi connectivity index (χ1) is 13.4. The molecule has 3 rings (SSSR count). The molecule has 0 spiro atoms. The van der Waals surface area contributed by atoms with Gasteiger partial charge in [-0.3, -0.25) is 14.5 Å². The number of likely N-dealkylation sites (tertiary alicyclic amines) is 1. The second kappa shape index (κ2) is 9.07. The highest BCUT2D eigenvalue weighted by molar-refractivity contribution is 6.30. The Morgan fingerprint density at radius 3 is 2.64 bits per heavy atom. The largest absolute Gasteiger partial charge is 0.373 e. The van der Waals surface area contributed by atoms with Crippen molar-refractivity contribution in [1.29, 1.82) is 0 Å². The van der Waals surface area contributed by atoms with Crippen LogP contribution in [0.3, 0.4) is 0 Å². The highest BCUT2D eigenvalue weighted by atomic mass is 35.5. The van der Waals surface area contributed by atoms with Gasteiger partial charge in [0.05, 0.1) is 12.7 Å². The van der Waals surface area contributed by atoms with E-state index in [1.807, 2.05) is 43.0 Å². The number of carbonyl (C=O) groups excluding carboxylic acids is 2. The second-order valence-corrected chi connectivity index (χ2v) is 8.08. The first-order valence-corrected chi connectivity index (χ1v) is 10.0. The van der Waals surface area contributed by atoms with E-state index >= 15 is 0 Å². The van der Waals surface area contributed by atoms with Gasteiger partial charge in [-0.1, -0.05) is 29.3 Å². The van der Waals surface area contributed by atoms with Crippen molar-refractivity contribution in [2.24, 2.45) is 0 Å². The van der Waals surface area contributed by atoms with E-state index in [1.54, 1.807) is 12.1 Å². The fourth-order valence-electron chi connectivity index (χ4n) is 3.39. The molecule has 2 aliphatic rings. The lowest BCUT2D eigenvalue weighted by atomic mass is 10.1. The summed E-state index contributed by atoms with van der Waals surface area (Å²) in [5, 5.41) is 3.53. The molecule has 1 aromatic rings. The summed E-state index contributed by atoms with van der Waals surface area (Å²) in [6.07, 6.45) is 2.18. The van der Waals surface area contributed by atoms with Crippen LogP contribution in [0.25, 0.3) is 0 Å². The minimum absolute atomic E-state index is 0.0513. The Hall–Kier alpha value is -1.89. The maximum atomic E-state index is 12.6. The Morgan fingerprint density at radius 1 is 1.32 bits per heavy atom. The number of benzene rings is 1. The number of halogens is 1. The van der Waals surface area contributed by atoms with E-state index in [2.05, 4.69) is 5.32 Å². The Labute approximate surface area is 171 Å². The molecule has 1 aliphatic heterocycles. The summed E-state index contributed by atoms with van der Waals surface area (Å²) in [6, 6.07) is 6.93. The van der Waals surface area contributed by atoms with Gasteiger partial charge in [-0.25, -0.2) is 0 Å². The number of likely N-dealkylation sites (N-methyl/N-ethyl adjacent to an activating group) is 1. The summed E-state index contributed by atoms with van der Waals surface area (Å²) >= 11 is 6.06. The fourth-order valence-corrected chi connectivity index (χ4v) is 3.59. The van der Waals surface area contributed by atoms with Crippen molar-refractivity contribution in [3.8, 4) is 0 Å². The van der Waals surface area contributed by atoms with Crippen LogP contribution in [0.15, 0.2) is 35.4 Å². The molecule has 0 radical (unpaired) electrons. The smallest absolute Gasteiger partial charge is 0.249 e. The molecule has 1 N–H and O–H groups in total. The molecule has 28 heavy (non-hydrogen) atoms. The number of ether oxygens (including phenoxy) is 1. The van der Waals surface area contributed by atoms with Crippen molar-refractivity contribution < 1.29 is 14.3 Å². The molecular weight excluding hydrogens is 378 g/mol. The Morgan fingerprint density at radius 2 is 2.04 bits per heavy atom. The number of amides is 2. The minimum atomic E-state index is -0.408. The first-order valence-electron chi connectivity index (χ1n) is 9.66. The highest BCUT2D eigenvalue weighted by Crippen LogP contribution is 2.32. The average molecular weight is 406 g/mol. The Kier molecular flexibility index (Phi) is 6.75. The normalized spacial score (nSPS) is 17.3. The summed E-state index contributed by atoms with van der Waals surface area (Å²) in [6.45, 7) is 4.02. The summed E-state index contributed by atoms with van der Waals surface area (Å²) in [5.41, 5.74) is 3.04. The van der Waals surface area contributed by atoms with Gasteiger partial charge in [-0.2, -0.15) is 0 Å². The fraction of sp³-hybridized carbons (Fsp3) is 0.524. The molecule has 1 saturated carbocycles. The monoisotopic (exact) mass is 405 g/mol. The van der Waals surface area contributed by atoms with E-state index in [0.717, 1.165) is 24.0 Å². The number of hydrogen-bond donors (Lipinski definition) is 1. The van der Waals surface area contributed by atoms with Crippen LogP contribution < -0.4 is 5.32 Å². The molecule has 2 amide bonds. The van der Waals surface area contributed by atoms with Gasteiger partial charge >= 0.3 is 0 Å². The van der Waals surface area contributed by atoms with Crippen LogP contribution in [0, 0.1) is 0 Å². The first kappa shape index (κ1) is 20.8. The lowest BCUT2D eigenvalue weighted by Gasteiger charge is -2.39. The van der Waals surface area contributed by atoms with Gasteiger partial charge in [-0.05, 0) is 51.6 Å². The van der Waals surface area contributed by atoms with Crippen molar-refractivity contribution in [3.63, 3.8) is 0 Å². The van der Waals surface area contributed by atoms with E-state index in [9.17, 15) is 9.59 Å². The van der Waals surface area contributed by atoms with E-state index in [4.69, 9.17) is 16.3 Å². The molecule has 6 nitrogen and oxygen atoms in total. The van der Waals surface area contributed by atoms with Gasteiger partial charge in [0.15, 0.2) is 0 Å². The van der Waals surface area contributed by atoms with Gasteiger partial charge in [0, 0.05) is 30.2 Å². The van der Waals surface area contributed by atoms with E-state index in [-0.39, 0.29) is 17.9 Å². The van der Waals surface area contributed by atoms with Crippen molar-refractivity contribution in [2.75, 3.05) is 40.3 Å². The average Bonchev–Trinajstić information content (AvgIpc) is 3.43. The third kappa shape index (κ3) is 5.13. The number of allylic oxidation sites excluding steroid dienone is 1. The molecule has 1 unspecified atom stereocenters. The van der Waals surface area contributed by atoms with Crippen molar-refractivity contribution in [2.45, 2.75) is 31.9 Å². The zero-order chi connectivity index (χ0) is 20.3. The van der Waals surface area contributed by atoms with Crippen LogP contribution in [-0.4, -0.2) is 68.1 Å². The lowest BCUT2D eigenvalue weighted by molar-refractivity contribution is -0.140. The van der Waals surface area contributed by atoms with Crippen molar-refractivity contribution in [3.05, 3.63) is 46.0 Å². The van der Waals surface area contributed by atoms with E-state index in [1.165, 1.54) is 5.57 Å². The van der Waals surface area contributed by atoms with Crippen LogP contribution in [-0.2, 0) is 14.3 Å². The van der Waals surface area contributed by atoms with Gasteiger partial charge in [-0.15, -0.1) is 0 Å². The molecular formula is C21H28ClN3O3. The predicted octanol–water partition coefficient (Wildman–Crippen LogP) is 2.40. The van der Waals surface area contributed by atoms with Crippen LogP contribution in [0.5, 0.6) is 0 Å². The molecule has 1 atom stereocenters.